The van der Waals surface area contributed by atoms with Crippen LogP contribution in [0.1, 0.15) is 6.42 Å². The Hall–Kier alpha value is -3.39. The number of hydrogen-bond acceptors (Lipinski definition) is 6. The van der Waals surface area contributed by atoms with Gasteiger partial charge in [0, 0.05) is 42.9 Å². The van der Waals surface area contributed by atoms with Gasteiger partial charge in [0.1, 0.15) is 24.2 Å². The van der Waals surface area contributed by atoms with Crippen molar-refractivity contribution in [2.24, 2.45) is 0 Å². The first kappa shape index (κ1) is 18.9. The van der Waals surface area contributed by atoms with Crippen LogP contribution in [0.2, 0.25) is 0 Å². The summed E-state index contributed by atoms with van der Waals surface area (Å²) in [4.78, 5) is 30.0. The van der Waals surface area contributed by atoms with Crippen LogP contribution in [0.4, 0.5) is 5.69 Å². The third kappa shape index (κ3) is 3.79. The number of methoxy groups -OCH3 is 1. The molecule has 0 aliphatic carbocycles. The molecule has 1 aromatic carbocycles. The molecule has 0 spiro atoms. The van der Waals surface area contributed by atoms with Gasteiger partial charge in [-0.05, 0) is 24.3 Å². The molecular weight excluding hydrogens is 374 g/mol. The van der Waals surface area contributed by atoms with E-state index >= 15 is 0 Å². The SMILES string of the molecule is COc1ccc2c(OCCn3cc(N4CCC(O)C4=O)ccc3=O)ccnc2c1. The Morgan fingerprint density at radius 1 is 1.21 bits per heavy atom. The van der Waals surface area contributed by atoms with Gasteiger partial charge in [-0.2, -0.15) is 0 Å². The number of pyridine rings is 2. The molecule has 2 aromatic heterocycles. The Kier molecular flexibility index (Phi) is 5.18. The monoisotopic (exact) mass is 395 g/mol. The zero-order valence-electron chi connectivity index (χ0n) is 15.9. The van der Waals surface area contributed by atoms with E-state index in [1.165, 1.54) is 15.5 Å². The molecule has 29 heavy (non-hydrogen) atoms. The molecule has 1 aliphatic heterocycles. The van der Waals surface area contributed by atoms with Crippen molar-refractivity contribution in [2.45, 2.75) is 19.1 Å². The highest BCUT2D eigenvalue weighted by molar-refractivity contribution is 5.98. The van der Waals surface area contributed by atoms with Crippen molar-refractivity contribution in [3.63, 3.8) is 0 Å². The summed E-state index contributed by atoms with van der Waals surface area (Å²) in [6, 6.07) is 10.3. The highest BCUT2D eigenvalue weighted by atomic mass is 16.5. The molecular formula is C21H21N3O5. The molecule has 1 unspecified atom stereocenters. The number of benzene rings is 1. The lowest BCUT2D eigenvalue weighted by Crippen LogP contribution is -2.31. The van der Waals surface area contributed by atoms with Crippen LogP contribution in [-0.4, -0.2) is 46.9 Å². The number of aliphatic hydroxyl groups excluding tert-OH is 1. The number of anilines is 1. The average Bonchev–Trinajstić information content (AvgIpc) is 3.07. The maximum absolute atomic E-state index is 12.2. The normalized spacial score (nSPS) is 16.4. The number of nitrogens with zero attached hydrogens (tertiary/aromatic N) is 3. The third-order valence-corrected chi connectivity index (χ3v) is 4.96. The molecule has 3 heterocycles. The summed E-state index contributed by atoms with van der Waals surface area (Å²) < 4.78 is 12.6. The predicted octanol–water partition coefficient (Wildman–Crippen LogP) is 1.58. The fraction of sp³-hybridized carbons (Fsp3) is 0.286. The molecule has 1 fully saturated rings. The molecule has 4 rings (SSSR count). The number of aromatic nitrogens is 2. The second-order valence-corrected chi connectivity index (χ2v) is 6.75. The summed E-state index contributed by atoms with van der Waals surface area (Å²) in [6.45, 7) is 1.02. The summed E-state index contributed by atoms with van der Waals surface area (Å²) >= 11 is 0. The van der Waals surface area contributed by atoms with Gasteiger partial charge in [-0.3, -0.25) is 14.6 Å². The minimum Gasteiger partial charge on any atom is -0.497 e. The van der Waals surface area contributed by atoms with Crippen LogP contribution in [0.5, 0.6) is 11.5 Å². The second kappa shape index (κ2) is 7.92. The van der Waals surface area contributed by atoms with Gasteiger partial charge in [0.15, 0.2) is 0 Å². The summed E-state index contributed by atoms with van der Waals surface area (Å²) in [5, 5.41) is 10.5. The van der Waals surface area contributed by atoms with Crippen molar-refractivity contribution in [3.05, 3.63) is 59.1 Å². The molecule has 150 valence electrons. The first-order chi connectivity index (χ1) is 14.1. The topological polar surface area (TPSA) is 93.9 Å². The molecule has 0 saturated carbocycles. The van der Waals surface area contributed by atoms with Gasteiger partial charge in [-0.1, -0.05) is 0 Å². The first-order valence-electron chi connectivity index (χ1n) is 9.32. The third-order valence-electron chi connectivity index (χ3n) is 4.96. The number of carbonyl (C=O) groups is 1. The van der Waals surface area contributed by atoms with E-state index in [9.17, 15) is 14.7 Å². The van der Waals surface area contributed by atoms with Gasteiger partial charge in [0.25, 0.3) is 11.5 Å². The van der Waals surface area contributed by atoms with Crippen molar-refractivity contribution in [1.29, 1.82) is 0 Å². The van der Waals surface area contributed by atoms with Crippen molar-refractivity contribution in [1.82, 2.24) is 9.55 Å². The lowest BCUT2D eigenvalue weighted by atomic mass is 10.2. The van der Waals surface area contributed by atoms with Crippen LogP contribution < -0.4 is 19.9 Å². The summed E-state index contributed by atoms with van der Waals surface area (Å²) in [5.74, 6) is 1.04. The maximum Gasteiger partial charge on any atom is 0.255 e. The van der Waals surface area contributed by atoms with Crippen LogP contribution in [-0.2, 0) is 11.3 Å². The van der Waals surface area contributed by atoms with Crippen LogP contribution in [0.3, 0.4) is 0 Å². The second-order valence-electron chi connectivity index (χ2n) is 6.75. The largest absolute Gasteiger partial charge is 0.497 e. The molecule has 1 aliphatic rings. The van der Waals surface area contributed by atoms with Gasteiger partial charge in [-0.25, -0.2) is 0 Å². The smallest absolute Gasteiger partial charge is 0.255 e. The first-order valence-corrected chi connectivity index (χ1v) is 9.32. The Balaban J connectivity index is 1.49. The quantitative estimate of drug-likeness (QED) is 0.681. The van der Waals surface area contributed by atoms with Gasteiger partial charge in [-0.15, -0.1) is 0 Å². The van der Waals surface area contributed by atoms with E-state index in [0.29, 0.717) is 36.7 Å². The van der Waals surface area contributed by atoms with Gasteiger partial charge in [0.05, 0.1) is 24.9 Å². The number of amides is 1. The average molecular weight is 395 g/mol. The molecule has 1 saturated heterocycles. The summed E-state index contributed by atoms with van der Waals surface area (Å²) in [7, 11) is 1.60. The van der Waals surface area contributed by atoms with Crippen molar-refractivity contribution >= 4 is 22.5 Å². The Morgan fingerprint density at radius 3 is 2.83 bits per heavy atom. The zero-order valence-corrected chi connectivity index (χ0v) is 15.9. The van der Waals surface area contributed by atoms with Crippen molar-refractivity contribution < 1.29 is 19.4 Å². The van der Waals surface area contributed by atoms with E-state index in [-0.39, 0.29) is 18.1 Å². The van der Waals surface area contributed by atoms with Gasteiger partial charge in [0.2, 0.25) is 0 Å². The lowest BCUT2D eigenvalue weighted by Gasteiger charge is -2.17. The summed E-state index contributed by atoms with van der Waals surface area (Å²) in [6.07, 6.45) is 2.70. The Labute approximate surface area is 166 Å². The summed E-state index contributed by atoms with van der Waals surface area (Å²) in [5.41, 5.74) is 1.16. The molecule has 3 aromatic rings. The minimum absolute atomic E-state index is 0.186. The van der Waals surface area contributed by atoms with Crippen LogP contribution in [0, 0.1) is 0 Å². The van der Waals surface area contributed by atoms with E-state index in [1.54, 1.807) is 31.6 Å². The molecule has 8 heteroatoms. The molecule has 1 atom stereocenters. The molecule has 8 nitrogen and oxygen atoms in total. The Bertz CT molecular complexity index is 1110. The standard InChI is InChI=1S/C21H21N3O5/c1-28-15-3-4-16-17(12-15)22-8-6-19(16)29-11-10-23-13-14(2-5-20(23)26)24-9-7-18(25)21(24)27/h2-6,8,12-13,18,25H,7,9-11H2,1H3. The Morgan fingerprint density at radius 2 is 2.07 bits per heavy atom. The number of rotatable bonds is 6. The van der Waals surface area contributed by atoms with E-state index < -0.39 is 6.10 Å². The van der Waals surface area contributed by atoms with Crippen molar-refractivity contribution in [2.75, 3.05) is 25.2 Å². The fourth-order valence-corrected chi connectivity index (χ4v) is 3.38. The highest BCUT2D eigenvalue weighted by Gasteiger charge is 2.30. The fourth-order valence-electron chi connectivity index (χ4n) is 3.38. The van der Waals surface area contributed by atoms with Gasteiger partial charge < -0.3 is 24.0 Å². The van der Waals surface area contributed by atoms with E-state index in [1.807, 2.05) is 18.2 Å². The number of hydrogen-bond donors (Lipinski definition) is 1. The van der Waals surface area contributed by atoms with E-state index in [2.05, 4.69) is 4.98 Å². The molecule has 1 N–H and O–H groups in total. The zero-order chi connectivity index (χ0) is 20.4. The predicted molar refractivity (Wildman–Crippen MR) is 107 cm³/mol. The number of carbonyl (C=O) groups excluding carboxylic acids is 1. The molecule has 1 amide bonds. The van der Waals surface area contributed by atoms with Crippen LogP contribution >= 0.6 is 0 Å². The van der Waals surface area contributed by atoms with E-state index in [0.717, 1.165) is 10.9 Å². The lowest BCUT2D eigenvalue weighted by molar-refractivity contribution is -0.124. The number of ether oxygens (including phenoxy) is 2. The van der Waals surface area contributed by atoms with E-state index in [4.69, 9.17) is 9.47 Å². The molecule has 0 radical (unpaired) electrons. The molecule has 0 bridgehead atoms. The van der Waals surface area contributed by atoms with Gasteiger partial charge >= 0.3 is 0 Å². The minimum atomic E-state index is -0.975. The maximum atomic E-state index is 12.2. The highest BCUT2D eigenvalue weighted by Crippen LogP contribution is 2.27. The number of aliphatic hydroxyl groups is 1. The van der Waals surface area contributed by atoms with Crippen LogP contribution in [0.15, 0.2) is 53.6 Å². The number of fused-ring (bicyclic) bond motifs is 1. The van der Waals surface area contributed by atoms with Crippen molar-refractivity contribution in [3.8, 4) is 11.5 Å². The van der Waals surface area contributed by atoms with Crippen LogP contribution in [0.25, 0.3) is 10.9 Å².